The van der Waals surface area contributed by atoms with E-state index in [1.165, 1.54) is 30.2 Å². The summed E-state index contributed by atoms with van der Waals surface area (Å²) in [7, 11) is 1.45. The summed E-state index contributed by atoms with van der Waals surface area (Å²) in [5.74, 6) is -1.20. The normalized spacial score (nSPS) is 12.1. The van der Waals surface area contributed by atoms with Gasteiger partial charge in [0.05, 0.1) is 17.6 Å². The topological polar surface area (TPSA) is 54.2 Å². The molecule has 0 atom stereocenters. The van der Waals surface area contributed by atoms with Crippen molar-refractivity contribution in [3.63, 3.8) is 0 Å². The first-order valence-corrected chi connectivity index (χ1v) is 8.85. The molecule has 1 heterocycles. The van der Waals surface area contributed by atoms with E-state index in [4.69, 9.17) is 0 Å². The van der Waals surface area contributed by atoms with Gasteiger partial charge in [0.2, 0.25) is 0 Å². The van der Waals surface area contributed by atoms with E-state index in [1.807, 2.05) is 0 Å². The van der Waals surface area contributed by atoms with Crippen molar-refractivity contribution in [2.24, 2.45) is 4.99 Å². The molecule has 0 unspecified atom stereocenters. The molecule has 0 aliphatic heterocycles. The van der Waals surface area contributed by atoms with Crippen LogP contribution in [0.25, 0.3) is 5.69 Å². The van der Waals surface area contributed by atoms with Gasteiger partial charge in [0.1, 0.15) is 11.6 Å². The summed E-state index contributed by atoms with van der Waals surface area (Å²) < 4.78 is 68.3. The fourth-order valence-electron chi connectivity index (χ4n) is 2.82. The number of aliphatic imine (C=N–C) groups is 1. The van der Waals surface area contributed by atoms with Gasteiger partial charge in [-0.15, -0.1) is 0 Å². The minimum Gasteiger partial charge on any atom is -0.352 e. The van der Waals surface area contributed by atoms with E-state index < -0.39 is 23.4 Å². The standard InChI is InChI=1S/C20H18F5N5/c1-26-19(29-11-14-3-4-15(21)9-16(14)20(23,24)25)28-10-13-2-5-18(17(22)8-13)30-7-6-27-12-30/h2-9,12H,10-11H2,1H3,(H2,26,28,29). The third-order valence-corrected chi connectivity index (χ3v) is 4.30. The summed E-state index contributed by atoms with van der Waals surface area (Å²) in [5, 5.41) is 5.65. The first-order chi connectivity index (χ1) is 14.3. The number of nitrogens with zero attached hydrogens (tertiary/aromatic N) is 3. The van der Waals surface area contributed by atoms with Gasteiger partial charge in [-0.2, -0.15) is 13.2 Å². The first kappa shape index (κ1) is 21.3. The minimum absolute atomic E-state index is 0.123. The molecule has 0 fully saturated rings. The second-order valence-corrected chi connectivity index (χ2v) is 6.33. The van der Waals surface area contributed by atoms with Crippen molar-refractivity contribution in [3.05, 3.63) is 83.4 Å². The highest BCUT2D eigenvalue weighted by Crippen LogP contribution is 2.32. The van der Waals surface area contributed by atoms with Gasteiger partial charge in [0.15, 0.2) is 5.96 Å². The summed E-state index contributed by atoms with van der Waals surface area (Å²) >= 11 is 0. The van der Waals surface area contributed by atoms with Crippen LogP contribution in [0.4, 0.5) is 22.0 Å². The van der Waals surface area contributed by atoms with E-state index in [0.29, 0.717) is 17.3 Å². The van der Waals surface area contributed by atoms with Crippen molar-refractivity contribution in [2.45, 2.75) is 19.3 Å². The maximum absolute atomic E-state index is 14.3. The summed E-state index contributed by atoms with van der Waals surface area (Å²) in [6.45, 7) is -0.0287. The highest BCUT2D eigenvalue weighted by atomic mass is 19.4. The lowest BCUT2D eigenvalue weighted by Crippen LogP contribution is -2.36. The van der Waals surface area contributed by atoms with E-state index in [-0.39, 0.29) is 24.6 Å². The summed E-state index contributed by atoms with van der Waals surface area (Å²) in [6, 6.07) is 7.14. The Balaban J connectivity index is 1.63. The first-order valence-electron chi connectivity index (χ1n) is 8.85. The van der Waals surface area contributed by atoms with Crippen molar-refractivity contribution in [1.29, 1.82) is 0 Å². The second kappa shape index (κ2) is 8.93. The van der Waals surface area contributed by atoms with Crippen LogP contribution in [0.1, 0.15) is 16.7 Å². The fraction of sp³-hybridized carbons (Fsp3) is 0.200. The molecule has 10 heteroatoms. The minimum atomic E-state index is -4.68. The van der Waals surface area contributed by atoms with Gasteiger partial charge in [-0.3, -0.25) is 4.99 Å². The number of imidazole rings is 1. The largest absolute Gasteiger partial charge is 0.416 e. The molecule has 2 aromatic carbocycles. The molecule has 0 aliphatic carbocycles. The number of halogens is 5. The van der Waals surface area contributed by atoms with Crippen LogP contribution in [0, 0.1) is 11.6 Å². The van der Waals surface area contributed by atoms with Crippen LogP contribution in [-0.2, 0) is 19.3 Å². The molecule has 3 rings (SSSR count). The van der Waals surface area contributed by atoms with Crippen molar-refractivity contribution < 1.29 is 22.0 Å². The number of hydrogen-bond acceptors (Lipinski definition) is 2. The molecule has 0 spiro atoms. The lowest BCUT2D eigenvalue weighted by atomic mass is 10.1. The number of guanidine groups is 1. The maximum atomic E-state index is 14.3. The Morgan fingerprint density at radius 3 is 2.47 bits per heavy atom. The summed E-state index contributed by atoms with van der Waals surface area (Å²) in [5.41, 5.74) is -0.225. The van der Waals surface area contributed by atoms with Gasteiger partial charge in [-0.05, 0) is 35.4 Å². The monoisotopic (exact) mass is 423 g/mol. The Kier molecular flexibility index (Phi) is 6.34. The number of benzene rings is 2. The highest BCUT2D eigenvalue weighted by Gasteiger charge is 2.33. The lowest BCUT2D eigenvalue weighted by molar-refractivity contribution is -0.138. The maximum Gasteiger partial charge on any atom is 0.416 e. The summed E-state index contributed by atoms with van der Waals surface area (Å²) in [4.78, 5) is 7.81. The van der Waals surface area contributed by atoms with E-state index in [0.717, 1.165) is 12.1 Å². The van der Waals surface area contributed by atoms with Gasteiger partial charge >= 0.3 is 6.18 Å². The average Bonchev–Trinajstić information content (AvgIpc) is 3.22. The Labute approximate surface area is 169 Å². The number of hydrogen-bond donors (Lipinski definition) is 2. The molecule has 5 nitrogen and oxygen atoms in total. The van der Waals surface area contributed by atoms with Gasteiger partial charge in [-0.25, -0.2) is 13.8 Å². The zero-order valence-corrected chi connectivity index (χ0v) is 15.8. The molecule has 3 aromatic rings. The molecule has 0 saturated heterocycles. The molecule has 0 radical (unpaired) electrons. The Morgan fingerprint density at radius 2 is 1.83 bits per heavy atom. The number of alkyl halides is 3. The number of aromatic nitrogens is 2. The molecule has 2 N–H and O–H groups in total. The predicted molar refractivity (Wildman–Crippen MR) is 102 cm³/mol. The van der Waals surface area contributed by atoms with Crippen LogP contribution in [-0.4, -0.2) is 22.6 Å². The van der Waals surface area contributed by atoms with Crippen LogP contribution in [0.2, 0.25) is 0 Å². The van der Waals surface area contributed by atoms with Crippen LogP contribution < -0.4 is 10.6 Å². The quantitative estimate of drug-likeness (QED) is 0.370. The third-order valence-electron chi connectivity index (χ3n) is 4.30. The zero-order valence-electron chi connectivity index (χ0n) is 15.8. The van der Waals surface area contributed by atoms with Crippen LogP contribution >= 0.6 is 0 Å². The van der Waals surface area contributed by atoms with Crippen molar-refractivity contribution in [1.82, 2.24) is 20.2 Å². The van der Waals surface area contributed by atoms with Crippen LogP contribution in [0.5, 0.6) is 0 Å². The van der Waals surface area contributed by atoms with Crippen molar-refractivity contribution in [3.8, 4) is 5.69 Å². The molecule has 0 aliphatic rings. The van der Waals surface area contributed by atoms with Crippen molar-refractivity contribution in [2.75, 3.05) is 7.05 Å². The van der Waals surface area contributed by atoms with Crippen LogP contribution in [0.3, 0.4) is 0 Å². The molecule has 0 bridgehead atoms. The Bertz CT molecular complexity index is 1030. The van der Waals surface area contributed by atoms with Gasteiger partial charge in [0, 0.05) is 32.5 Å². The molecule has 158 valence electrons. The molecule has 1 aromatic heterocycles. The van der Waals surface area contributed by atoms with Gasteiger partial charge in [0.25, 0.3) is 0 Å². The SMILES string of the molecule is CN=C(NCc1ccc(-n2ccnc2)c(F)c1)NCc1ccc(F)cc1C(F)(F)F. The van der Waals surface area contributed by atoms with Gasteiger partial charge < -0.3 is 15.2 Å². The Morgan fingerprint density at radius 1 is 1.07 bits per heavy atom. The zero-order chi connectivity index (χ0) is 21.7. The average molecular weight is 423 g/mol. The number of nitrogens with one attached hydrogen (secondary N) is 2. The molecular formula is C20H18F5N5. The predicted octanol–water partition coefficient (Wildman–Crippen LogP) is 4.03. The lowest BCUT2D eigenvalue weighted by Gasteiger charge is -2.16. The van der Waals surface area contributed by atoms with Crippen LogP contribution in [0.15, 0.2) is 60.1 Å². The molecule has 30 heavy (non-hydrogen) atoms. The Hall–Kier alpha value is -3.43. The second-order valence-electron chi connectivity index (χ2n) is 6.33. The van der Waals surface area contributed by atoms with Crippen molar-refractivity contribution >= 4 is 5.96 Å². The van der Waals surface area contributed by atoms with E-state index in [2.05, 4.69) is 20.6 Å². The third kappa shape index (κ3) is 5.13. The van der Waals surface area contributed by atoms with E-state index >= 15 is 0 Å². The smallest absolute Gasteiger partial charge is 0.352 e. The molecular weight excluding hydrogens is 405 g/mol. The fourth-order valence-corrected chi connectivity index (χ4v) is 2.82. The number of rotatable bonds is 5. The molecule has 0 saturated carbocycles. The highest BCUT2D eigenvalue weighted by molar-refractivity contribution is 5.79. The van der Waals surface area contributed by atoms with Gasteiger partial charge in [-0.1, -0.05) is 12.1 Å². The van der Waals surface area contributed by atoms with E-state index in [1.54, 1.807) is 18.3 Å². The summed E-state index contributed by atoms with van der Waals surface area (Å²) in [6.07, 6.45) is -0.0417. The van der Waals surface area contributed by atoms with E-state index in [9.17, 15) is 22.0 Å². The molecule has 0 amide bonds.